The fraction of sp³-hybridized carbons (Fsp3) is 0.556. The molecule has 2 saturated heterocycles. The number of hydrogen-bond acceptors (Lipinski definition) is 3. The largest absolute Gasteiger partial charge is 0.370 e. The van der Waals surface area contributed by atoms with Crippen LogP contribution in [0.3, 0.4) is 0 Å². The van der Waals surface area contributed by atoms with Crippen LogP contribution in [0, 0.1) is 0 Å². The van der Waals surface area contributed by atoms with Gasteiger partial charge in [-0.1, -0.05) is 18.2 Å². The van der Waals surface area contributed by atoms with Gasteiger partial charge in [0.1, 0.15) is 13.1 Å². The highest BCUT2D eigenvalue weighted by Gasteiger charge is 2.31. The molecule has 1 aromatic carbocycles. The van der Waals surface area contributed by atoms with Crippen LogP contribution in [-0.2, 0) is 9.53 Å². The molecule has 1 aromatic rings. The third-order valence-electron chi connectivity index (χ3n) is 4.72. The zero-order valence-electron chi connectivity index (χ0n) is 14.5. The zero-order chi connectivity index (χ0) is 17.5. The summed E-state index contributed by atoms with van der Waals surface area (Å²) in [7, 11) is 0. The van der Waals surface area contributed by atoms with Gasteiger partial charge in [-0.3, -0.25) is 4.79 Å². The van der Waals surface area contributed by atoms with Crippen molar-refractivity contribution in [2.75, 3.05) is 50.8 Å². The van der Waals surface area contributed by atoms with E-state index in [0.717, 1.165) is 45.0 Å². The Bertz CT molecular complexity index is 575. The number of morpholine rings is 1. The Hall–Kier alpha value is -2.12. The third kappa shape index (κ3) is 5.17. The van der Waals surface area contributed by atoms with E-state index in [2.05, 4.69) is 10.6 Å². The smallest absolute Gasteiger partial charge is 0.315 e. The number of rotatable bonds is 6. The number of nitrogens with zero attached hydrogens (tertiary/aromatic N) is 1. The average Bonchev–Trinajstić information content (AvgIpc) is 3.00. The minimum Gasteiger partial charge on any atom is -0.370 e. The van der Waals surface area contributed by atoms with Crippen molar-refractivity contribution in [1.29, 1.82) is 0 Å². The van der Waals surface area contributed by atoms with Crippen LogP contribution >= 0.6 is 0 Å². The third-order valence-corrected chi connectivity index (χ3v) is 4.72. The Balaban J connectivity index is 1.35. The second kappa shape index (κ2) is 8.82. The fourth-order valence-corrected chi connectivity index (χ4v) is 3.35. The van der Waals surface area contributed by atoms with Crippen molar-refractivity contribution in [1.82, 2.24) is 10.6 Å². The van der Waals surface area contributed by atoms with Gasteiger partial charge in [-0.05, 0) is 12.1 Å². The van der Waals surface area contributed by atoms with Crippen LogP contribution in [0.5, 0.6) is 0 Å². The summed E-state index contributed by atoms with van der Waals surface area (Å²) in [6, 6.07) is 9.23. The van der Waals surface area contributed by atoms with E-state index in [4.69, 9.17) is 4.74 Å². The van der Waals surface area contributed by atoms with Gasteiger partial charge in [-0.15, -0.1) is 0 Å². The molecule has 3 N–H and O–H groups in total. The Morgan fingerprint density at radius 3 is 2.76 bits per heavy atom. The van der Waals surface area contributed by atoms with Gasteiger partial charge >= 0.3 is 6.03 Å². The van der Waals surface area contributed by atoms with Gasteiger partial charge in [0.05, 0.1) is 25.8 Å². The number of amides is 3. The van der Waals surface area contributed by atoms with Crippen molar-refractivity contribution in [3.8, 4) is 0 Å². The van der Waals surface area contributed by atoms with Crippen molar-refractivity contribution < 1.29 is 19.2 Å². The summed E-state index contributed by atoms with van der Waals surface area (Å²) in [4.78, 5) is 27.4. The molecule has 2 heterocycles. The molecule has 0 aromatic heterocycles. The standard InChI is InChI=1S/C18H26N4O3/c23-17-13-15(14-22(17)16-5-2-1-3-6-16)20-18(24)19-7-4-8-21-9-11-25-12-10-21/h1-3,5-6,15H,4,7-14H2,(H2,19,20,24)/p+1/t15-/m0/s1. The van der Waals surface area contributed by atoms with E-state index >= 15 is 0 Å². The van der Waals surface area contributed by atoms with Crippen molar-refractivity contribution in [3.05, 3.63) is 30.3 Å². The first-order valence-corrected chi connectivity index (χ1v) is 9.03. The van der Waals surface area contributed by atoms with E-state index in [-0.39, 0.29) is 18.0 Å². The summed E-state index contributed by atoms with van der Waals surface area (Å²) < 4.78 is 5.34. The van der Waals surface area contributed by atoms with Gasteiger partial charge in [0.15, 0.2) is 0 Å². The highest BCUT2D eigenvalue weighted by molar-refractivity contribution is 5.96. The van der Waals surface area contributed by atoms with Crippen LogP contribution in [0.4, 0.5) is 10.5 Å². The van der Waals surface area contributed by atoms with Crippen molar-refractivity contribution >= 4 is 17.6 Å². The minimum atomic E-state index is -0.190. The maximum atomic E-state index is 12.1. The monoisotopic (exact) mass is 347 g/mol. The number of anilines is 1. The molecule has 3 rings (SSSR count). The molecule has 7 nitrogen and oxygen atoms in total. The lowest BCUT2D eigenvalue weighted by atomic mass is 10.2. The number of benzene rings is 1. The lowest BCUT2D eigenvalue weighted by Crippen LogP contribution is -3.14. The first-order chi connectivity index (χ1) is 12.2. The zero-order valence-corrected chi connectivity index (χ0v) is 14.5. The minimum absolute atomic E-state index is 0.0485. The number of carbonyl (C=O) groups excluding carboxylic acids is 2. The predicted octanol–water partition coefficient (Wildman–Crippen LogP) is -0.604. The SMILES string of the molecule is O=C(NCCC[NH+]1CCOCC1)N[C@H]1CC(=O)N(c2ccccc2)C1. The summed E-state index contributed by atoms with van der Waals surface area (Å²) in [6.07, 6.45) is 1.29. The topological polar surface area (TPSA) is 75.1 Å². The quantitative estimate of drug-likeness (QED) is 0.602. The maximum absolute atomic E-state index is 12.1. The van der Waals surface area contributed by atoms with Crippen LogP contribution in [0.15, 0.2) is 30.3 Å². The Kier molecular flexibility index (Phi) is 6.25. The van der Waals surface area contributed by atoms with Gasteiger partial charge in [0.25, 0.3) is 0 Å². The number of nitrogens with one attached hydrogen (secondary N) is 3. The van der Waals surface area contributed by atoms with Gasteiger partial charge in [0, 0.05) is 31.6 Å². The van der Waals surface area contributed by atoms with Gasteiger partial charge in [-0.2, -0.15) is 0 Å². The van der Waals surface area contributed by atoms with Crippen molar-refractivity contribution in [2.45, 2.75) is 18.9 Å². The predicted molar refractivity (Wildman–Crippen MR) is 94.7 cm³/mol. The van der Waals surface area contributed by atoms with Crippen LogP contribution in [-0.4, -0.2) is 63.9 Å². The van der Waals surface area contributed by atoms with Gasteiger partial charge in [-0.25, -0.2) is 4.79 Å². The van der Waals surface area contributed by atoms with Crippen molar-refractivity contribution in [3.63, 3.8) is 0 Å². The molecule has 3 amide bonds. The van der Waals surface area contributed by atoms with E-state index in [1.54, 1.807) is 4.90 Å². The summed E-state index contributed by atoms with van der Waals surface area (Å²) in [5.41, 5.74) is 0.880. The highest BCUT2D eigenvalue weighted by atomic mass is 16.5. The maximum Gasteiger partial charge on any atom is 0.315 e. The molecule has 0 unspecified atom stereocenters. The number of hydrogen-bond donors (Lipinski definition) is 3. The molecule has 2 aliphatic rings. The molecule has 0 saturated carbocycles. The van der Waals surface area contributed by atoms with E-state index in [1.807, 2.05) is 30.3 Å². The Labute approximate surface area is 148 Å². The molecular weight excluding hydrogens is 320 g/mol. The normalized spacial score (nSPS) is 21.4. The molecule has 0 spiro atoms. The molecule has 1 atom stereocenters. The molecular formula is C18H27N4O3+. The van der Waals surface area contributed by atoms with Crippen molar-refractivity contribution in [2.24, 2.45) is 0 Å². The van der Waals surface area contributed by atoms with E-state index < -0.39 is 0 Å². The molecule has 25 heavy (non-hydrogen) atoms. The van der Waals surface area contributed by atoms with Crippen LogP contribution in [0.25, 0.3) is 0 Å². The average molecular weight is 347 g/mol. The van der Waals surface area contributed by atoms with Gasteiger partial charge < -0.3 is 25.2 Å². The lowest BCUT2D eigenvalue weighted by Gasteiger charge is -2.23. The molecule has 136 valence electrons. The van der Waals surface area contributed by atoms with E-state index in [0.29, 0.717) is 19.5 Å². The molecule has 0 aliphatic carbocycles. The summed E-state index contributed by atoms with van der Waals surface area (Å²) in [5, 5.41) is 5.80. The summed E-state index contributed by atoms with van der Waals surface area (Å²) >= 11 is 0. The Morgan fingerprint density at radius 2 is 2.00 bits per heavy atom. The molecule has 0 bridgehead atoms. The Morgan fingerprint density at radius 1 is 1.24 bits per heavy atom. The summed E-state index contributed by atoms with van der Waals surface area (Å²) in [6.45, 7) is 5.98. The second-order valence-electron chi connectivity index (χ2n) is 6.61. The van der Waals surface area contributed by atoms with E-state index in [9.17, 15) is 9.59 Å². The second-order valence-corrected chi connectivity index (χ2v) is 6.61. The first-order valence-electron chi connectivity index (χ1n) is 9.03. The molecule has 0 radical (unpaired) electrons. The first kappa shape index (κ1) is 17.7. The number of para-hydroxylation sites is 1. The fourth-order valence-electron chi connectivity index (χ4n) is 3.35. The number of ether oxygens (including phenoxy) is 1. The van der Waals surface area contributed by atoms with Crippen LogP contribution < -0.4 is 20.4 Å². The highest BCUT2D eigenvalue weighted by Crippen LogP contribution is 2.20. The molecule has 2 fully saturated rings. The number of carbonyl (C=O) groups is 2. The van der Waals surface area contributed by atoms with Gasteiger partial charge in [0.2, 0.25) is 5.91 Å². The number of urea groups is 1. The van der Waals surface area contributed by atoms with Crippen LogP contribution in [0.1, 0.15) is 12.8 Å². The molecule has 7 heteroatoms. The van der Waals surface area contributed by atoms with Crippen LogP contribution in [0.2, 0.25) is 0 Å². The summed E-state index contributed by atoms with van der Waals surface area (Å²) in [5.74, 6) is 0.0485. The lowest BCUT2D eigenvalue weighted by molar-refractivity contribution is -0.908. The van der Waals surface area contributed by atoms with E-state index in [1.165, 1.54) is 4.90 Å². The number of quaternary nitrogens is 1. The molecule has 2 aliphatic heterocycles.